The van der Waals surface area contributed by atoms with Crippen LogP contribution in [0.25, 0.3) is 0 Å². The maximum Gasteiger partial charge on any atom is 0.407 e. The van der Waals surface area contributed by atoms with E-state index in [1.54, 1.807) is 0 Å². The molecule has 5 heteroatoms. The number of aromatic nitrogens is 2. The van der Waals surface area contributed by atoms with Gasteiger partial charge in [-0.1, -0.05) is 11.6 Å². The summed E-state index contributed by atoms with van der Waals surface area (Å²) in [5.41, 5.74) is 1.91. The lowest BCUT2D eigenvalue weighted by molar-refractivity contribution is 0.0528. The molecule has 0 bridgehead atoms. The first kappa shape index (κ1) is 16.3. The van der Waals surface area contributed by atoms with Gasteiger partial charge in [-0.05, 0) is 34.6 Å². The fourth-order valence-corrected chi connectivity index (χ4v) is 1.61. The summed E-state index contributed by atoms with van der Waals surface area (Å²) in [4.78, 5) is 15.7. The van der Waals surface area contributed by atoms with E-state index in [-0.39, 0.29) is 6.09 Å². The largest absolute Gasteiger partial charge is 0.444 e. The molecule has 1 amide bonds. The minimum Gasteiger partial charge on any atom is -0.444 e. The van der Waals surface area contributed by atoms with Gasteiger partial charge in [-0.25, -0.2) is 9.78 Å². The summed E-state index contributed by atoms with van der Waals surface area (Å²) in [6.07, 6.45) is 6.13. The number of nitrogens with zero attached hydrogens (tertiary/aromatic N) is 2. The summed E-state index contributed by atoms with van der Waals surface area (Å²) >= 11 is 0. The average molecular weight is 279 g/mol. The number of allylic oxidation sites excluding steroid dienone is 2. The second-order valence-electron chi connectivity index (χ2n) is 6.00. The third-order valence-electron chi connectivity index (χ3n) is 2.54. The van der Waals surface area contributed by atoms with Crippen molar-refractivity contribution in [1.29, 1.82) is 0 Å². The quantitative estimate of drug-likeness (QED) is 0.843. The van der Waals surface area contributed by atoms with Gasteiger partial charge in [-0.15, -0.1) is 0 Å². The Kier molecular flexibility index (Phi) is 5.80. The van der Waals surface area contributed by atoms with Crippen molar-refractivity contribution in [3.63, 3.8) is 0 Å². The number of carbonyl (C=O) groups excluding carboxylic acids is 1. The van der Waals surface area contributed by atoms with Crippen LogP contribution < -0.4 is 5.32 Å². The van der Waals surface area contributed by atoms with Gasteiger partial charge in [0.05, 0.1) is 6.33 Å². The lowest BCUT2D eigenvalue weighted by atomic mass is 10.2. The fourth-order valence-electron chi connectivity index (χ4n) is 1.61. The molecule has 0 unspecified atom stereocenters. The molecule has 0 aliphatic carbocycles. The molecular weight excluding hydrogens is 254 g/mol. The van der Waals surface area contributed by atoms with Gasteiger partial charge in [0.1, 0.15) is 5.60 Å². The normalized spacial score (nSPS) is 11.1. The monoisotopic (exact) mass is 279 g/mol. The molecule has 0 saturated carbocycles. The third-order valence-corrected chi connectivity index (χ3v) is 2.54. The second kappa shape index (κ2) is 7.12. The molecule has 1 aromatic rings. The number of imidazole rings is 1. The highest BCUT2D eigenvalue weighted by Gasteiger charge is 2.15. The van der Waals surface area contributed by atoms with Gasteiger partial charge in [0.2, 0.25) is 0 Å². The highest BCUT2D eigenvalue weighted by atomic mass is 16.6. The summed E-state index contributed by atoms with van der Waals surface area (Å²) in [6, 6.07) is 0. The lowest BCUT2D eigenvalue weighted by Gasteiger charge is -2.19. The SMILES string of the molecule is CC(C)=CCn1cncc1CCNC(=O)OC(C)(C)C. The zero-order valence-corrected chi connectivity index (χ0v) is 13.1. The van der Waals surface area contributed by atoms with E-state index in [4.69, 9.17) is 4.74 Å². The minimum absolute atomic E-state index is 0.382. The van der Waals surface area contributed by atoms with Crippen LogP contribution in [0.3, 0.4) is 0 Å². The Morgan fingerprint density at radius 3 is 2.75 bits per heavy atom. The molecule has 1 N–H and O–H groups in total. The molecule has 0 aromatic carbocycles. The molecule has 0 saturated heterocycles. The number of carbonyl (C=O) groups is 1. The zero-order chi connectivity index (χ0) is 15.2. The van der Waals surface area contributed by atoms with Gasteiger partial charge in [0, 0.05) is 31.4 Å². The highest BCUT2D eigenvalue weighted by Crippen LogP contribution is 2.06. The number of ether oxygens (including phenoxy) is 1. The Labute approximate surface area is 121 Å². The first-order chi connectivity index (χ1) is 9.28. The Morgan fingerprint density at radius 2 is 2.15 bits per heavy atom. The van der Waals surface area contributed by atoms with Crippen LogP contribution in [0.5, 0.6) is 0 Å². The van der Waals surface area contributed by atoms with E-state index in [9.17, 15) is 4.79 Å². The molecule has 0 radical (unpaired) electrons. The van der Waals surface area contributed by atoms with Gasteiger partial charge in [-0.3, -0.25) is 0 Å². The Bertz CT molecular complexity index is 466. The van der Waals surface area contributed by atoms with Crippen LogP contribution >= 0.6 is 0 Å². The zero-order valence-electron chi connectivity index (χ0n) is 13.1. The Morgan fingerprint density at radius 1 is 1.45 bits per heavy atom. The van der Waals surface area contributed by atoms with Gasteiger partial charge in [0.25, 0.3) is 0 Å². The number of hydrogen-bond acceptors (Lipinski definition) is 3. The first-order valence-corrected chi connectivity index (χ1v) is 6.87. The van der Waals surface area contributed by atoms with Crippen molar-refractivity contribution < 1.29 is 9.53 Å². The maximum atomic E-state index is 11.5. The first-order valence-electron chi connectivity index (χ1n) is 6.87. The van der Waals surface area contributed by atoms with Gasteiger partial charge < -0.3 is 14.6 Å². The van der Waals surface area contributed by atoms with Crippen molar-refractivity contribution >= 4 is 6.09 Å². The van der Waals surface area contributed by atoms with Crippen LogP contribution in [0.4, 0.5) is 4.79 Å². The van der Waals surface area contributed by atoms with Crippen LogP contribution in [0, 0.1) is 0 Å². The molecule has 5 nitrogen and oxygen atoms in total. The predicted octanol–water partition coefficient (Wildman–Crippen LogP) is 2.92. The fraction of sp³-hybridized carbons (Fsp3) is 0.600. The van der Waals surface area contributed by atoms with Crippen molar-refractivity contribution in [1.82, 2.24) is 14.9 Å². The minimum atomic E-state index is -0.463. The number of alkyl carbamates (subject to hydrolysis) is 1. The van der Waals surface area contributed by atoms with Gasteiger partial charge >= 0.3 is 6.09 Å². The van der Waals surface area contributed by atoms with Gasteiger partial charge in [0.15, 0.2) is 0 Å². The van der Waals surface area contributed by atoms with Crippen molar-refractivity contribution in [3.8, 4) is 0 Å². The number of rotatable bonds is 5. The smallest absolute Gasteiger partial charge is 0.407 e. The van der Waals surface area contributed by atoms with Crippen LogP contribution in [-0.2, 0) is 17.7 Å². The molecule has 0 fully saturated rings. The molecule has 0 aliphatic heterocycles. The third kappa shape index (κ3) is 6.41. The molecule has 1 aromatic heterocycles. The molecule has 0 aliphatic rings. The van der Waals surface area contributed by atoms with E-state index in [1.165, 1.54) is 5.57 Å². The van der Waals surface area contributed by atoms with Crippen LogP contribution in [-0.4, -0.2) is 27.8 Å². The van der Waals surface area contributed by atoms with E-state index in [1.807, 2.05) is 33.3 Å². The maximum absolute atomic E-state index is 11.5. The van der Waals surface area contributed by atoms with E-state index in [2.05, 4.69) is 34.8 Å². The van der Waals surface area contributed by atoms with E-state index in [0.29, 0.717) is 6.54 Å². The summed E-state index contributed by atoms with van der Waals surface area (Å²) in [5, 5.41) is 2.75. The van der Waals surface area contributed by atoms with Crippen LogP contribution in [0.2, 0.25) is 0 Å². The van der Waals surface area contributed by atoms with Crippen LogP contribution in [0.1, 0.15) is 40.3 Å². The molecule has 1 heterocycles. The van der Waals surface area contributed by atoms with Crippen molar-refractivity contribution in [2.45, 2.75) is 53.2 Å². The van der Waals surface area contributed by atoms with E-state index < -0.39 is 5.60 Å². The van der Waals surface area contributed by atoms with E-state index >= 15 is 0 Å². The Balaban J connectivity index is 2.41. The molecular formula is C15H25N3O2. The Hall–Kier alpha value is -1.78. The molecule has 20 heavy (non-hydrogen) atoms. The number of amides is 1. The number of hydrogen-bond donors (Lipinski definition) is 1. The van der Waals surface area contributed by atoms with Crippen molar-refractivity contribution in [2.24, 2.45) is 0 Å². The average Bonchev–Trinajstić information content (AvgIpc) is 2.71. The topological polar surface area (TPSA) is 56.2 Å². The summed E-state index contributed by atoms with van der Waals surface area (Å²) < 4.78 is 7.26. The van der Waals surface area contributed by atoms with Gasteiger partial charge in [-0.2, -0.15) is 0 Å². The summed E-state index contributed by atoms with van der Waals surface area (Å²) in [5.74, 6) is 0. The highest BCUT2D eigenvalue weighted by molar-refractivity contribution is 5.67. The second-order valence-corrected chi connectivity index (χ2v) is 6.00. The van der Waals surface area contributed by atoms with Crippen molar-refractivity contribution in [3.05, 3.63) is 29.9 Å². The molecule has 0 atom stereocenters. The van der Waals surface area contributed by atoms with Crippen LogP contribution in [0.15, 0.2) is 24.2 Å². The van der Waals surface area contributed by atoms with E-state index in [0.717, 1.165) is 18.7 Å². The molecule has 1 rings (SSSR count). The summed E-state index contributed by atoms with van der Waals surface area (Å²) in [7, 11) is 0. The molecule has 112 valence electrons. The number of nitrogens with one attached hydrogen (secondary N) is 1. The lowest BCUT2D eigenvalue weighted by Crippen LogP contribution is -2.33. The predicted molar refractivity (Wildman–Crippen MR) is 79.6 cm³/mol. The standard InChI is InChI=1S/C15H25N3O2/c1-12(2)7-9-18-11-16-10-13(18)6-8-17-14(19)20-15(3,4)5/h7,10-11H,6,8-9H2,1-5H3,(H,17,19). The molecule has 0 spiro atoms. The summed E-state index contributed by atoms with van der Waals surface area (Å²) in [6.45, 7) is 11.0. The van der Waals surface area contributed by atoms with Crippen molar-refractivity contribution in [2.75, 3.05) is 6.54 Å².